The first-order chi connectivity index (χ1) is 9.10. The molecule has 2 aromatic rings. The zero-order valence-electron chi connectivity index (χ0n) is 11.4. The Morgan fingerprint density at radius 3 is 2.74 bits per heavy atom. The highest BCUT2D eigenvalue weighted by atomic mass is 32.1. The maximum atomic E-state index is 13.4. The van der Waals surface area contributed by atoms with Crippen LogP contribution < -0.4 is 10.1 Å². The average molecular weight is 279 g/mol. The maximum absolute atomic E-state index is 13.4. The summed E-state index contributed by atoms with van der Waals surface area (Å²) in [6.45, 7) is 5.17. The second-order valence-electron chi connectivity index (χ2n) is 4.52. The average Bonchev–Trinajstić information content (AvgIpc) is 2.72. The van der Waals surface area contributed by atoms with Gasteiger partial charge in [0.1, 0.15) is 18.2 Å². The molecule has 0 saturated carbocycles. The van der Waals surface area contributed by atoms with Crippen molar-refractivity contribution in [3.63, 3.8) is 0 Å². The number of halogens is 1. The van der Waals surface area contributed by atoms with Gasteiger partial charge in [-0.2, -0.15) is 0 Å². The quantitative estimate of drug-likeness (QED) is 0.899. The number of ether oxygens (including phenoxy) is 1. The van der Waals surface area contributed by atoms with E-state index < -0.39 is 0 Å². The first kappa shape index (κ1) is 14.0. The van der Waals surface area contributed by atoms with Gasteiger partial charge in [0.05, 0.1) is 0 Å². The molecule has 1 aromatic carbocycles. The first-order valence-corrected chi connectivity index (χ1v) is 7.03. The van der Waals surface area contributed by atoms with Crippen molar-refractivity contribution in [2.45, 2.75) is 27.0 Å². The van der Waals surface area contributed by atoms with Crippen LogP contribution >= 0.6 is 11.3 Å². The van der Waals surface area contributed by atoms with Crippen LogP contribution in [0.25, 0.3) is 0 Å². The molecule has 0 aliphatic heterocycles. The van der Waals surface area contributed by atoms with Gasteiger partial charge in [0.2, 0.25) is 0 Å². The van der Waals surface area contributed by atoms with Gasteiger partial charge in [-0.1, -0.05) is 6.07 Å². The molecule has 1 aromatic heterocycles. The Balaban J connectivity index is 2.03. The lowest BCUT2D eigenvalue weighted by atomic mass is 10.2. The molecular weight excluding hydrogens is 261 g/mol. The third-order valence-corrected chi connectivity index (χ3v) is 4.05. The van der Waals surface area contributed by atoms with Crippen LogP contribution in [-0.2, 0) is 13.2 Å². The highest BCUT2D eigenvalue weighted by Gasteiger charge is 2.06. The number of thiophene rings is 1. The number of rotatable bonds is 5. The molecular formula is C15H18FNOS. The van der Waals surface area contributed by atoms with Crippen molar-refractivity contribution in [1.29, 1.82) is 0 Å². The molecule has 0 unspecified atom stereocenters. The van der Waals surface area contributed by atoms with Crippen molar-refractivity contribution in [3.05, 3.63) is 51.0 Å². The molecule has 0 atom stereocenters. The van der Waals surface area contributed by atoms with Gasteiger partial charge in [-0.3, -0.25) is 0 Å². The van der Waals surface area contributed by atoms with Gasteiger partial charge in [0.15, 0.2) is 0 Å². The Kier molecular flexibility index (Phi) is 4.56. The van der Waals surface area contributed by atoms with Crippen LogP contribution in [-0.4, -0.2) is 7.05 Å². The fourth-order valence-corrected chi connectivity index (χ4v) is 2.88. The van der Waals surface area contributed by atoms with Crippen molar-refractivity contribution in [3.8, 4) is 5.75 Å². The van der Waals surface area contributed by atoms with E-state index in [0.717, 1.165) is 12.1 Å². The van der Waals surface area contributed by atoms with Crippen molar-refractivity contribution >= 4 is 11.3 Å². The van der Waals surface area contributed by atoms with Crippen LogP contribution in [0.4, 0.5) is 4.39 Å². The second kappa shape index (κ2) is 6.17. The van der Waals surface area contributed by atoms with Crippen LogP contribution in [0.1, 0.15) is 20.9 Å². The highest BCUT2D eigenvalue weighted by Crippen LogP contribution is 2.24. The summed E-state index contributed by atoms with van der Waals surface area (Å²) in [6.07, 6.45) is 0. The monoisotopic (exact) mass is 279 g/mol. The van der Waals surface area contributed by atoms with E-state index in [1.165, 1.54) is 15.8 Å². The molecule has 4 heteroatoms. The summed E-state index contributed by atoms with van der Waals surface area (Å²) >= 11 is 1.76. The normalized spacial score (nSPS) is 10.7. The van der Waals surface area contributed by atoms with Gasteiger partial charge in [-0.05, 0) is 38.6 Å². The van der Waals surface area contributed by atoms with E-state index in [9.17, 15) is 4.39 Å². The van der Waals surface area contributed by atoms with Crippen molar-refractivity contribution in [1.82, 2.24) is 5.32 Å². The zero-order valence-corrected chi connectivity index (χ0v) is 12.2. The number of nitrogens with one attached hydrogen (secondary N) is 1. The summed E-state index contributed by atoms with van der Waals surface area (Å²) in [7, 11) is 1.93. The van der Waals surface area contributed by atoms with E-state index in [1.54, 1.807) is 30.4 Å². The standard InChI is InChI=1S/C15H18FNOS/c1-10-4-5-13(7-15(10)16)18-9-12-6-14(8-17-3)19-11(12)2/h4-7,17H,8-9H2,1-3H3. The Morgan fingerprint density at radius 1 is 1.26 bits per heavy atom. The second-order valence-corrected chi connectivity index (χ2v) is 5.87. The molecule has 2 rings (SSSR count). The van der Waals surface area contributed by atoms with Gasteiger partial charge in [0.25, 0.3) is 0 Å². The van der Waals surface area contributed by atoms with E-state index in [0.29, 0.717) is 17.9 Å². The summed E-state index contributed by atoms with van der Waals surface area (Å²) < 4.78 is 19.0. The van der Waals surface area contributed by atoms with Crippen LogP contribution in [0.2, 0.25) is 0 Å². The van der Waals surface area contributed by atoms with E-state index in [1.807, 2.05) is 7.05 Å². The van der Waals surface area contributed by atoms with E-state index in [2.05, 4.69) is 18.3 Å². The SMILES string of the molecule is CNCc1cc(COc2ccc(C)c(F)c2)c(C)s1. The summed E-state index contributed by atoms with van der Waals surface area (Å²) in [5.41, 5.74) is 1.80. The molecule has 19 heavy (non-hydrogen) atoms. The molecule has 102 valence electrons. The van der Waals surface area contributed by atoms with Crippen LogP contribution in [0.5, 0.6) is 5.75 Å². The minimum absolute atomic E-state index is 0.226. The largest absolute Gasteiger partial charge is 0.489 e. The zero-order chi connectivity index (χ0) is 13.8. The Hall–Kier alpha value is -1.39. The topological polar surface area (TPSA) is 21.3 Å². The lowest BCUT2D eigenvalue weighted by Crippen LogP contribution is -2.02. The van der Waals surface area contributed by atoms with Gasteiger partial charge in [0, 0.05) is 27.9 Å². The summed E-state index contributed by atoms with van der Waals surface area (Å²) in [5.74, 6) is 0.347. The molecule has 0 spiro atoms. The number of benzene rings is 1. The fraction of sp³-hybridized carbons (Fsp3) is 0.333. The lowest BCUT2D eigenvalue weighted by molar-refractivity contribution is 0.304. The van der Waals surface area contributed by atoms with E-state index in [4.69, 9.17) is 4.74 Å². The number of hydrogen-bond acceptors (Lipinski definition) is 3. The van der Waals surface area contributed by atoms with Gasteiger partial charge in [-0.15, -0.1) is 11.3 Å². The number of aryl methyl sites for hydroxylation is 2. The van der Waals surface area contributed by atoms with Gasteiger partial charge in [-0.25, -0.2) is 4.39 Å². The molecule has 0 aliphatic rings. The van der Waals surface area contributed by atoms with Crippen LogP contribution in [0.3, 0.4) is 0 Å². The number of hydrogen-bond donors (Lipinski definition) is 1. The Bertz CT molecular complexity index is 565. The van der Waals surface area contributed by atoms with E-state index >= 15 is 0 Å². The predicted molar refractivity (Wildman–Crippen MR) is 77.3 cm³/mol. The minimum Gasteiger partial charge on any atom is -0.489 e. The van der Waals surface area contributed by atoms with Crippen molar-refractivity contribution < 1.29 is 9.13 Å². The van der Waals surface area contributed by atoms with Gasteiger partial charge >= 0.3 is 0 Å². The molecule has 1 heterocycles. The van der Waals surface area contributed by atoms with Crippen molar-refractivity contribution in [2.24, 2.45) is 0 Å². The molecule has 0 amide bonds. The highest BCUT2D eigenvalue weighted by molar-refractivity contribution is 7.12. The lowest BCUT2D eigenvalue weighted by Gasteiger charge is -2.06. The third kappa shape index (κ3) is 3.55. The molecule has 2 nitrogen and oxygen atoms in total. The first-order valence-electron chi connectivity index (χ1n) is 6.22. The summed E-state index contributed by atoms with van der Waals surface area (Å²) in [6, 6.07) is 7.11. The van der Waals surface area contributed by atoms with Gasteiger partial charge < -0.3 is 10.1 Å². The maximum Gasteiger partial charge on any atom is 0.129 e. The third-order valence-electron chi connectivity index (χ3n) is 2.96. The molecule has 0 radical (unpaired) electrons. The van der Waals surface area contributed by atoms with Crippen LogP contribution in [0, 0.1) is 19.7 Å². The smallest absolute Gasteiger partial charge is 0.129 e. The summed E-state index contributed by atoms with van der Waals surface area (Å²) in [5, 5.41) is 3.13. The minimum atomic E-state index is -0.226. The summed E-state index contributed by atoms with van der Waals surface area (Å²) in [4.78, 5) is 2.53. The molecule has 0 aliphatic carbocycles. The predicted octanol–water partition coefficient (Wildman–Crippen LogP) is 3.80. The Labute approximate surface area is 117 Å². The molecule has 0 fully saturated rings. The van der Waals surface area contributed by atoms with Crippen LogP contribution in [0.15, 0.2) is 24.3 Å². The molecule has 0 bridgehead atoms. The molecule has 0 saturated heterocycles. The van der Waals surface area contributed by atoms with E-state index in [-0.39, 0.29) is 5.82 Å². The fourth-order valence-electron chi connectivity index (χ4n) is 1.82. The Morgan fingerprint density at radius 2 is 2.05 bits per heavy atom. The molecule has 1 N–H and O–H groups in total. The van der Waals surface area contributed by atoms with Crippen molar-refractivity contribution in [2.75, 3.05) is 7.05 Å².